The van der Waals surface area contributed by atoms with Crippen molar-refractivity contribution < 1.29 is 17.9 Å². The molecule has 27 heavy (non-hydrogen) atoms. The Morgan fingerprint density at radius 2 is 1.81 bits per heavy atom. The number of ether oxygens (including phenoxy) is 1. The van der Waals surface area contributed by atoms with Gasteiger partial charge in [-0.2, -0.15) is 0 Å². The minimum atomic E-state index is -3.67. The van der Waals surface area contributed by atoms with E-state index in [1.165, 1.54) is 0 Å². The van der Waals surface area contributed by atoms with Gasteiger partial charge in [-0.25, -0.2) is 8.42 Å². The summed E-state index contributed by atoms with van der Waals surface area (Å²) in [6, 6.07) is 11.8. The van der Waals surface area contributed by atoms with Gasteiger partial charge in [-0.3, -0.25) is 9.10 Å². The van der Waals surface area contributed by atoms with Crippen LogP contribution in [0.3, 0.4) is 0 Å². The van der Waals surface area contributed by atoms with Gasteiger partial charge < -0.3 is 10.1 Å². The number of nitrogens with one attached hydrogen (secondary N) is 1. The number of carbonyl (C=O) groups is 1. The first kappa shape index (κ1) is 21.1. The van der Waals surface area contributed by atoms with Gasteiger partial charge in [0.25, 0.3) is 0 Å². The van der Waals surface area contributed by atoms with Crippen molar-refractivity contribution >= 4 is 38.9 Å². The summed E-state index contributed by atoms with van der Waals surface area (Å²) in [6.45, 7) is 5.20. The van der Waals surface area contributed by atoms with Gasteiger partial charge in [0.15, 0.2) is 0 Å². The molecule has 146 valence electrons. The summed E-state index contributed by atoms with van der Waals surface area (Å²) < 4.78 is 31.0. The van der Waals surface area contributed by atoms with Gasteiger partial charge >= 0.3 is 0 Å². The van der Waals surface area contributed by atoms with Gasteiger partial charge in [0.1, 0.15) is 12.3 Å². The minimum absolute atomic E-state index is 0.0506. The molecule has 0 heterocycles. The Balaban J connectivity index is 2.16. The highest BCUT2D eigenvalue weighted by atomic mass is 35.5. The Morgan fingerprint density at radius 3 is 2.37 bits per heavy atom. The molecular weight excluding hydrogens is 388 g/mol. The standard InChI is InChI=1S/C19H23ClN2O4S/c1-13(2)26-16-10-8-15(9-11-16)21-19(23)12-22(27(4,24)25)18-7-5-6-17(20)14(18)3/h5-11,13H,12H2,1-4H3,(H,21,23). The van der Waals surface area contributed by atoms with Crippen molar-refractivity contribution in [2.75, 3.05) is 22.4 Å². The van der Waals surface area contributed by atoms with Crippen molar-refractivity contribution in [1.82, 2.24) is 0 Å². The first-order chi connectivity index (χ1) is 12.6. The highest BCUT2D eigenvalue weighted by Gasteiger charge is 2.23. The average Bonchev–Trinajstić information content (AvgIpc) is 2.56. The summed E-state index contributed by atoms with van der Waals surface area (Å²) >= 11 is 6.09. The van der Waals surface area contributed by atoms with Crippen LogP contribution in [0.2, 0.25) is 5.02 Å². The van der Waals surface area contributed by atoms with Crippen molar-refractivity contribution in [3.8, 4) is 5.75 Å². The molecule has 0 saturated carbocycles. The summed E-state index contributed by atoms with van der Waals surface area (Å²) in [7, 11) is -3.67. The van der Waals surface area contributed by atoms with Crippen LogP contribution < -0.4 is 14.4 Å². The van der Waals surface area contributed by atoms with Crippen molar-refractivity contribution in [3.63, 3.8) is 0 Å². The Bertz CT molecular complexity index is 912. The molecule has 0 aliphatic rings. The molecule has 0 atom stereocenters. The maximum Gasteiger partial charge on any atom is 0.245 e. The lowest BCUT2D eigenvalue weighted by Crippen LogP contribution is -2.37. The number of carbonyl (C=O) groups excluding carboxylic acids is 1. The molecule has 1 amide bonds. The third-order valence-electron chi connectivity index (χ3n) is 3.71. The number of hydrogen-bond donors (Lipinski definition) is 1. The van der Waals surface area contributed by atoms with Gasteiger partial charge in [0.05, 0.1) is 18.0 Å². The van der Waals surface area contributed by atoms with Gasteiger partial charge in [0.2, 0.25) is 15.9 Å². The van der Waals surface area contributed by atoms with Crippen molar-refractivity contribution in [3.05, 3.63) is 53.1 Å². The predicted octanol–water partition coefficient (Wildman–Crippen LogP) is 3.84. The number of sulfonamides is 1. The lowest BCUT2D eigenvalue weighted by Gasteiger charge is -2.24. The van der Waals surface area contributed by atoms with Crippen molar-refractivity contribution in [2.45, 2.75) is 26.9 Å². The molecule has 0 aliphatic heterocycles. The SMILES string of the molecule is Cc1c(Cl)cccc1N(CC(=O)Nc1ccc(OC(C)C)cc1)S(C)(=O)=O. The molecule has 0 radical (unpaired) electrons. The smallest absolute Gasteiger partial charge is 0.245 e. The first-order valence-corrected chi connectivity index (χ1v) is 10.6. The Labute approximate surface area is 165 Å². The number of nitrogens with zero attached hydrogens (tertiary/aromatic N) is 1. The number of amides is 1. The second-order valence-corrected chi connectivity index (χ2v) is 8.71. The molecule has 1 N–H and O–H groups in total. The van der Waals surface area contributed by atoms with Crippen LogP contribution in [0, 0.1) is 6.92 Å². The van der Waals surface area contributed by atoms with Crippen LogP contribution in [0.5, 0.6) is 5.75 Å². The van der Waals surface area contributed by atoms with Gasteiger partial charge in [-0.05, 0) is 62.7 Å². The van der Waals surface area contributed by atoms with Gasteiger partial charge in [-0.1, -0.05) is 17.7 Å². The third kappa shape index (κ3) is 5.87. The molecule has 8 heteroatoms. The Hall–Kier alpha value is -2.25. The van der Waals surface area contributed by atoms with Crippen molar-refractivity contribution in [2.24, 2.45) is 0 Å². The lowest BCUT2D eigenvalue weighted by atomic mass is 10.2. The highest BCUT2D eigenvalue weighted by Crippen LogP contribution is 2.28. The molecular formula is C19H23ClN2O4S. The monoisotopic (exact) mass is 410 g/mol. The average molecular weight is 411 g/mol. The first-order valence-electron chi connectivity index (χ1n) is 8.37. The quantitative estimate of drug-likeness (QED) is 0.752. The maximum atomic E-state index is 12.4. The van der Waals surface area contributed by atoms with Crippen LogP contribution in [0.1, 0.15) is 19.4 Å². The number of hydrogen-bond acceptors (Lipinski definition) is 4. The van der Waals surface area contributed by atoms with E-state index in [2.05, 4.69) is 5.32 Å². The van der Waals surface area contributed by atoms with E-state index < -0.39 is 15.9 Å². The molecule has 0 unspecified atom stereocenters. The van der Waals surface area contributed by atoms with E-state index in [0.29, 0.717) is 27.7 Å². The van der Waals surface area contributed by atoms with E-state index in [1.807, 2.05) is 13.8 Å². The molecule has 2 aromatic carbocycles. The summed E-state index contributed by atoms with van der Waals surface area (Å²) in [4.78, 5) is 12.4. The zero-order valence-electron chi connectivity index (χ0n) is 15.7. The minimum Gasteiger partial charge on any atom is -0.491 e. The highest BCUT2D eigenvalue weighted by molar-refractivity contribution is 7.92. The molecule has 0 aliphatic carbocycles. The van der Waals surface area contributed by atoms with E-state index in [9.17, 15) is 13.2 Å². The third-order valence-corrected chi connectivity index (χ3v) is 5.24. The van der Waals surface area contributed by atoms with Crippen LogP contribution >= 0.6 is 11.6 Å². The van der Waals surface area contributed by atoms with Crippen LogP contribution in [-0.2, 0) is 14.8 Å². The normalized spacial score (nSPS) is 11.3. The molecule has 0 saturated heterocycles. The molecule has 6 nitrogen and oxygen atoms in total. The number of benzene rings is 2. The van der Waals surface area contributed by atoms with Gasteiger partial charge in [-0.15, -0.1) is 0 Å². The fraction of sp³-hybridized carbons (Fsp3) is 0.316. The van der Waals surface area contributed by atoms with E-state index in [1.54, 1.807) is 49.4 Å². The van der Waals surface area contributed by atoms with Crippen LogP contribution in [0.4, 0.5) is 11.4 Å². The summed E-state index contributed by atoms with van der Waals surface area (Å²) in [5.41, 5.74) is 1.51. The molecule has 2 aromatic rings. The molecule has 2 rings (SSSR count). The number of rotatable bonds is 7. The summed E-state index contributed by atoms with van der Waals surface area (Å²) in [6.07, 6.45) is 1.10. The Morgan fingerprint density at radius 1 is 1.19 bits per heavy atom. The summed E-state index contributed by atoms with van der Waals surface area (Å²) in [5.74, 6) is 0.229. The zero-order chi connectivity index (χ0) is 20.2. The molecule has 0 bridgehead atoms. The topological polar surface area (TPSA) is 75.7 Å². The molecule has 0 aromatic heterocycles. The van der Waals surface area contributed by atoms with Gasteiger partial charge in [0, 0.05) is 10.7 Å². The van der Waals surface area contributed by atoms with Crippen LogP contribution in [-0.4, -0.2) is 33.2 Å². The zero-order valence-corrected chi connectivity index (χ0v) is 17.3. The number of anilines is 2. The van der Waals surface area contributed by atoms with Crippen LogP contribution in [0.25, 0.3) is 0 Å². The Kier molecular flexibility index (Phi) is 6.73. The van der Waals surface area contributed by atoms with Crippen molar-refractivity contribution in [1.29, 1.82) is 0 Å². The predicted molar refractivity (Wildman–Crippen MR) is 109 cm³/mol. The van der Waals surface area contributed by atoms with E-state index in [-0.39, 0.29) is 12.6 Å². The second kappa shape index (κ2) is 8.63. The van der Waals surface area contributed by atoms with Crippen LogP contribution in [0.15, 0.2) is 42.5 Å². The maximum absolute atomic E-state index is 12.4. The molecule has 0 spiro atoms. The van der Waals surface area contributed by atoms with E-state index in [4.69, 9.17) is 16.3 Å². The van der Waals surface area contributed by atoms with E-state index >= 15 is 0 Å². The fourth-order valence-corrected chi connectivity index (χ4v) is 3.54. The summed E-state index contributed by atoms with van der Waals surface area (Å²) in [5, 5.41) is 3.13. The number of halogens is 1. The molecule has 0 fully saturated rings. The lowest BCUT2D eigenvalue weighted by molar-refractivity contribution is -0.114. The largest absolute Gasteiger partial charge is 0.491 e. The fourth-order valence-electron chi connectivity index (χ4n) is 2.47. The second-order valence-electron chi connectivity index (χ2n) is 6.39. The van der Waals surface area contributed by atoms with E-state index in [0.717, 1.165) is 10.6 Å².